The Labute approximate surface area is 175 Å². The van der Waals surface area contributed by atoms with E-state index in [1.54, 1.807) is 6.20 Å². The fraction of sp³-hybridized carbons (Fsp3) is 0.364. The maximum Gasteiger partial charge on any atom is 0.265 e. The second-order valence-corrected chi connectivity index (χ2v) is 8.20. The molecular weight excluding hydrogens is 382 g/mol. The summed E-state index contributed by atoms with van der Waals surface area (Å²) in [5.74, 6) is 0.950. The fourth-order valence-corrected chi connectivity index (χ4v) is 4.60. The molecule has 4 rings (SSSR count). The first-order valence-corrected chi connectivity index (χ1v) is 10.9. The highest BCUT2D eigenvalue weighted by molar-refractivity contribution is 7.17. The Morgan fingerprint density at radius 1 is 1.10 bits per heavy atom. The van der Waals surface area contributed by atoms with E-state index in [-0.39, 0.29) is 5.91 Å². The van der Waals surface area contributed by atoms with Gasteiger partial charge in [0.15, 0.2) is 5.82 Å². The van der Waals surface area contributed by atoms with Crippen LogP contribution in [0.4, 0.5) is 5.82 Å². The van der Waals surface area contributed by atoms with Gasteiger partial charge in [-0.25, -0.2) is 4.98 Å². The molecule has 0 bridgehead atoms. The molecule has 1 aromatic carbocycles. The van der Waals surface area contributed by atoms with E-state index in [1.807, 2.05) is 24.0 Å². The van der Waals surface area contributed by atoms with Crippen molar-refractivity contribution < 1.29 is 4.79 Å². The van der Waals surface area contributed by atoms with Crippen molar-refractivity contribution in [1.82, 2.24) is 20.1 Å². The number of aromatic nitrogens is 3. The highest BCUT2D eigenvalue weighted by Crippen LogP contribution is 2.29. The molecule has 0 saturated carbocycles. The number of benzene rings is 1. The van der Waals surface area contributed by atoms with Gasteiger partial charge in [0.2, 0.25) is 0 Å². The van der Waals surface area contributed by atoms with Crippen LogP contribution in [0.25, 0.3) is 10.6 Å². The highest BCUT2D eigenvalue weighted by Gasteiger charge is 2.24. The summed E-state index contributed by atoms with van der Waals surface area (Å²) in [6.45, 7) is 7.12. The van der Waals surface area contributed by atoms with Gasteiger partial charge in [-0.2, -0.15) is 5.10 Å². The molecule has 1 aliphatic rings. The summed E-state index contributed by atoms with van der Waals surface area (Å²) in [5, 5.41) is 9.07. The Kier molecular flexibility index (Phi) is 5.85. The van der Waals surface area contributed by atoms with E-state index < -0.39 is 0 Å². The molecule has 29 heavy (non-hydrogen) atoms. The van der Waals surface area contributed by atoms with Gasteiger partial charge < -0.3 is 9.80 Å². The first kappa shape index (κ1) is 19.5. The van der Waals surface area contributed by atoms with Crippen LogP contribution in [0, 0.1) is 6.92 Å². The number of anilines is 1. The van der Waals surface area contributed by atoms with Gasteiger partial charge in [0, 0.05) is 37.9 Å². The normalized spacial score (nSPS) is 14.7. The molecule has 0 spiro atoms. The molecule has 3 heterocycles. The minimum Gasteiger partial charge on any atom is -0.353 e. The standard InChI is InChI=1S/C22H25N5OS/c1-3-17-7-9-18(10-8-17)21-24-16(2)20(29-21)22(28)27-13-5-12-26(14-15-27)19-6-4-11-23-25-19/h4,6-11H,3,5,12-15H2,1-2H3. The van der Waals surface area contributed by atoms with Crippen LogP contribution in [0.5, 0.6) is 0 Å². The van der Waals surface area contributed by atoms with Crippen molar-refractivity contribution >= 4 is 23.1 Å². The summed E-state index contributed by atoms with van der Waals surface area (Å²) < 4.78 is 0. The van der Waals surface area contributed by atoms with Gasteiger partial charge in [-0.15, -0.1) is 16.4 Å². The van der Waals surface area contributed by atoms with Crippen molar-refractivity contribution in [3.63, 3.8) is 0 Å². The van der Waals surface area contributed by atoms with E-state index >= 15 is 0 Å². The maximum absolute atomic E-state index is 13.2. The number of carbonyl (C=O) groups excluding carboxylic acids is 1. The Balaban J connectivity index is 1.48. The van der Waals surface area contributed by atoms with Crippen LogP contribution in [0.2, 0.25) is 0 Å². The van der Waals surface area contributed by atoms with E-state index in [0.29, 0.717) is 6.54 Å². The van der Waals surface area contributed by atoms with E-state index in [9.17, 15) is 4.79 Å². The number of hydrogen-bond acceptors (Lipinski definition) is 6. The molecule has 6 nitrogen and oxygen atoms in total. The quantitative estimate of drug-likeness (QED) is 0.658. The molecular formula is C22H25N5OS. The summed E-state index contributed by atoms with van der Waals surface area (Å²) >= 11 is 1.49. The molecule has 1 aliphatic heterocycles. The zero-order valence-corrected chi connectivity index (χ0v) is 17.7. The predicted molar refractivity (Wildman–Crippen MR) is 116 cm³/mol. The van der Waals surface area contributed by atoms with E-state index in [2.05, 4.69) is 51.3 Å². The summed E-state index contributed by atoms with van der Waals surface area (Å²) in [5.41, 5.74) is 3.18. The SMILES string of the molecule is CCc1ccc(-c2nc(C)c(C(=O)N3CCCN(c4cccnn4)CC3)s2)cc1. The summed E-state index contributed by atoms with van der Waals surface area (Å²) in [6.07, 6.45) is 3.60. The Morgan fingerprint density at radius 3 is 2.66 bits per heavy atom. The average Bonchev–Trinajstić information content (AvgIpc) is 2.99. The lowest BCUT2D eigenvalue weighted by Gasteiger charge is -2.22. The first-order valence-electron chi connectivity index (χ1n) is 10.0. The van der Waals surface area contributed by atoms with E-state index in [1.165, 1.54) is 16.9 Å². The van der Waals surface area contributed by atoms with E-state index in [0.717, 1.165) is 59.4 Å². The van der Waals surface area contributed by atoms with Crippen molar-refractivity contribution in [2.45, 2.75) is 26.7 Å². The second-order valence-electron chi connectivity index (χ2n) is 7.20. The molecule has 0 radical (unpaired) electrons. The number of rotatable bonds is 4. The topological polar surface area (TPSA) is 62.2 Å². The molecule has 1 saturated heterocycles. The van der Waals surface area contributed by atoms with Crippen molar-refractivity contribution in [2.24, 2.45) is 0 Å². The fourth-order valence-electron chi connectivity index (χ4n) is 3.56. The maximum atomic E-state index is 13.2. The Morgan fingerprint density at radius 2 is 1.93 bits per heavy atom. The number of carbonyl (C=O) groups is 1. The van der Waals surface area contributed by atoms with Crippen LogP contribution >= 0.6 is 11.3 Å². The molecule has 7 heteroatoms. The molecule has 0 atom stereocenters. The third-order valence-corrected chi connectivity index (χ3v) is 6.46. The molecule has 0 N–H and O–H groups in total. The van der Waals surface area contributed by atoms with Crippen LogP contribution in [-0.2, 0) is 6.42 Å². The lowest BCUT2D eigenvalue weighted by molar-refractivity contribution is 0.0771. The minimum absolute atomic E-state index is 0.0809. The number of thiazole rings is 1. The lowest BCUT2D eigenvalue weighted by Crippen LogP contribution is -2.35. The number of aryl methyl sites for hydroxylation is 2. The Bertz CT molecular complexity index is 971. The molecule has 1 fully saturated rings. The van der Waals surface area contributed by atoms with Gasteiger partial charge in [0.05, 0.1) is 5.69 Å². The summed E-state index contributed by atoms with van der Waals surface area (Å²) in [7, 11) is 0. The molecule has 0 aliphatic carbocycles. The second kappa shape index (κ2) is 8.69. The average molecular weight is 408 g/mol. The third kappa shape index (κ3) is 4.29. The lowest BCUT2D eigenvalue weighted by atomic mass is 10.1. The highest BCUT2D eigenvalue weighted by atomic mass is 32.1. The van der Waals surface area contributed by atoms with Crippen LogP contribution < -0.4 is 4.90 Å². The summed E-state index contributed by atoms with van der Waals surface area (Å²) in [6, 6.07) is 12.3. The molecule has 0 unspecified atom stereocenters. The van der Waals surface area contributed by atoms with Gasteiger partial charge in [0.25, 0.3) is 5.91 Å². The van der Waals surface area contributed by atoms with Crippen LogP contribution in [0.3, 0.4) is 0 Å². The van der Waals surface area contributed by atoms with E-state index in [4.69, 9.17) is 0 Å². The zero-order valence-electron chi connectivity index (χ0n) is 16.8. The number of nitrogens with zero attached hydrogens (tertiary/aromatic N) is 5. The van der Waals surface area contributed by atoms with Crippen molar-refractivity contribution in [3.05, 3.63) is 58.7 Å². The molecule has 3 aromatic rings. The molecule has 2 aromatic heterocycles. The van der Waals surface area contributed by atoms with Crippen LogP contribution in [0.1, 0.15) is 34.3 Å². The first-order chi connectivity index (χ1) is 14.2. The van der Waals surface area contributed by atoms with Gasteiger partial charge in [0.1, 0.15) is 9.88 Å². The summed E-state index contributed by atoms with van der Waals surface area (Å²) in [4.78, 5) is 22.8. The van der Waals surface area contributed by atoms with Gasteiger partial charge >= 0.3 is 0 Å². The Hall–Kier alpha value is -2.80. The van der Waals surface area contributed by atoms with Crippen molar-refractivity contribution in [3.8, 4) is 10.6 Å². The predicted octanol–water partition coefficient (Wildman–Crippen LogP) is 3.82. The zero-order chi connectivity index (χ0) is 20.2. The monoisotopic (exact) mass is 407 g/mol. The third-order valence-electron chi connectivity index (χ3n) is 5.27. The minimum atomic E-state index is 0.0809. The van der Waals surface area contributed by atoms with Crippen LogP contribution in [-0.4, -0.2) is 52.2 Å². The van der Waals surface area contributed by atoms with Crippen molar-refractivity contribution in [1.29, 1.82) is 0 Å². The van der Waals surface area contributed by atoms with Crippen LogP contribution in [0.15, 0.2) is 42.6 Å². The van der Waals surface area contributed by atoms with Gasteiger partial charge in [-0.1, -0.05) is 31.2 Å². The smallest absolute Gasteiger partial charge is 0.265 e. The number of amides is 1. The van der Waals surface area contributed by atoms with Gasteiger partial charge in [-0.05, 0) is 37.5 Å². The van der Waals surface area contributed by atoms with Gasteiger partial charge in [-0.3, -0.25) is 4.79 Å². The van der Waals surface area contributed by atoms with Crippen molar-refractivity contribution in [2.75, 3.05) is 31.1 Å². The number of hydrogen-bond donors (Lipinski definition) is 0. The molecule has 1 amide bonds. The molecule has 150 valence electrons. The largest absolute Gasteiger partial charge is 0.353 e.